The molecule has 0 N–H and O–H groups in total. The molecule has 0 spiro atoms. The van der Waals surface area contributed by atoms with E-state index in [1.165, 1.54) is 10.6 Å². The predicted molar refractivity (Wildman–Crippen MR) is 48.5 cm³/mol. The summed E-state index contributed by atoms with van der Waals surface area (Å²) in [5.41, 5.74) is 3.22. The average Bonchev–Trinajstić information content (AvgIpc) is 2.33. The van der Waals surface area contributed by atoms with E-state index in [1.54, 1.807) is 11.3 Å². The van der Waals surface area contributed by atoms with Crippen LogP contribution in [0.3, 0.4) is 0 Å². The van der Waals surface area contributed by atoms with Gasteiger partial charge in [-0.3, -0.25) is 4.98 Å². The minimum Gasteiger partial charge on any atom is -0.250 e. The fourth-order valence-corrected chi connectivity index (χ4v) is 1.91. The van der Waals surface area contributed by atoms with E-state index >= 15 is 0 Å². The van der Waals surface area contributed by atoms with Gasteiger partial charge in [0.05, 0.1) is 5.51 Å². The minimum atomic E-state index is 0.641. The first-order chi connectivity index (χ1) is 4.75. The number of aromatic nitrogens is 1. The first-order valence-electron chi connectivity index (χ1n) is 3.68. The minimum absolute atomic E-state index is 0.641. The maximum atomic E-state index is 4.27. The summed E-state index contributed by atoms with van der Waals surface area (Å²) in [5, 5.41) is 0. The molecule has 0 radical (unpaired) electrons. The van der Waals surface area contributed by atoms with E-state index in [2.05, 4.69) is 26.7 Å². The summed E-state index contributed by atoms with van der Waals surface area (Å²) in [6.07, 6.45) is 1.07. The van der Waals surface area contributed by atoms with Crippen molar-refractivity contribution in [2.75, 3.05) is 0 Å². The summed E-state index contributed by atoms with van der Waals surface area (Å²) in [6.45, 7) is 4.43. The van der Waals surface area contributed by atoms with Crippen LogP contribution in [-0.2, 0) is 6.32 Å². The van der Waals surface area contributed by atoms with Crippen LogP contribution in [0.15, 0.2) is 5.51 Å². The number of hydrogen-bond acceptors (Lipinski definition) is 2. The maximum Gasteiger partial charge on any atom is 0.109 e. The second kappa shape index (κ2) is 3.19. The Hall–Kier alpha value is -0.305. The van der Waals surface area contributed by atoms with Gasteiger partial charge in [0.2, 0.25) is 0 Å². The Balaban J connectivity index is 2.90. The highest BCUT2D eigenvalue weighted by molar-refractivity contribution is 7.09. The molecule has 0 aliphatic rings. The maximum absolute atomic E-state index is 4.27. The summed E-state index contributed by atoms with van der Waals surface area (Å²) < 4.78 is 0. The van der Waals surface area contributed by atoms with Gasteiger partial charge in [-0.25, -0.2) is 0 Å². The van der Waals surface area contributed by atoms with Crippen LogP contribution >= 0.6 is 11.3 Å². The van der Waals surface area contributed by atoms with E-state index < -0.39 is 0 Å². The van der Waals surface area contributed by atoms with Crippen LogP contribution in [0, 0.1) is 0 Å². The zero-order valence-corrected chi connectivity index (χ0v) is 7.53. The highest BCUT2D eigenvalue weighted by Gasteiger charge is 2.06. The number of rotatable bonds is 2. The SMILES string of the molecule is BCc1ncsc1C(C)C. The molecule has 0 amide bonds. The van der Waals surface area contributed by atoms with Gasteiger partial charge in [0, 0.05) is 10.6 Å². The zero-order valence-electron chi connectivity index (χ0n) is 6.72. The molecular weight excluding hydrogens is 141 g/mol. The summed E-state index contributed by atoms with van der Waals surface area (Å²) in [6, 6.07) is 0. The van der Waals surface area contributed by atoms with Crippen LogP contribution in [0.4, 0.5) is 0 Å². The molecule has 0 aliphatic carbocycles. The lowest BCUT2D eigenvalue weighted by molar-refractivity contribution is 0.870. The smallest absolute Gasteiger partial charge is 0.109 e. The van der Waals surface area contributed by atoms with E-state index in [9.17, 15) is 0 Å². The molecule has 1 aromatic rings. The fourth-order valence-electron chi connectivity index (χ4n) is 1.01. The molecule has 0 aromatic carbocycles. The Morgan fingerprint density at radius 1 is 1.70 bits per heavy atom. The van der Waals surface area contributed by atoms with Gasteiger partial charge in [-0.2, -0.15) is 0 Å². The van der Waals surface area contributed by atoms with Crippen molar-refractivity contribution < 1.29 is 0 Å². The molecule has 54 valence electrons. The van der Waals surface area contributed by atoms with E-state index in [0.717, 1.165) is 6.32 Å². The number of thiazole rings is 1. The van der Waals surface area contributed by atoms with Crippen molar-refractivity contribution in [1.29, 1.82) is 0 Å². The molecule has 1 heterocycles. The summed E-state index contributed by atoms with van der Waals surface area (Å²) in [7, 11) is 2.15. The van der Waals surface area contributed by atoms with Gasteiger partial charge in [-0.15, -0.1) is 11.3 Å². The second-order valence-corrected chi connectivity index (χ2v) is 3.56. The second-order valence-electron chi connectivity index (χ2n) is 2.67. The van der Waals surface area contributed by atoms with Gasteiger partial charge in [0.25, 0.3) is 0 Å². The van der Waals surface area contributed by atoms with E-state index in [1.807, 2.05) is 5.51 Å². The Labute approximate surface area is 66.9 Å². The molecule has 1 rings (SSSR count). The van der Waals surface area contributed by atoms with Gasteiger partial charge >= 0.3 is 0 Å². The first-order valence-corrected chi connectivity index (χ1v) is 4.56. The van der Waals surface area contributed by atoms with Crippen molar-refractivity contribution >= 4 is 19.2 Å². The monoisotopic (exact) mass is 153 g/mol. The lowest BCUT2D eigenvalue weighted by Gasteiger charge is -2.01. The van der Waals surface area contributed by atoms with Crippen LogP contribution in [0.2, 0.25) is 0 Å². The Bertz CT molecular complexity index is 207. The summed E-state index contributed by atoms with van der Waals surface area (Å²) >= 11 is 1.77. The van der Waals surface area contributed by atoms with Crippen LogP contribution in [-0.4, -0.2) is 12.8 Å². The standard InChI is InChI=1S/C7H12BNS/c1-5(2)7-6(3-8)9-4-10-7/h4-5H,3,8H2,1-2H3. The Morgan fingerprint density at radius 3 is 2.80 bits per heavy atom. The normalized spacial score (nSPS) is 10.7. The molecule has 0 saturated carbocycles. The van der Waals surface area contributed by atoms with Crippen molar-refractivity contribution in [1.82, 2.24) is 4.98 Å². The molecule has 10 heavy (non-hydrogen) atoms. The molecule has 0 bridgehead atoms. The predicted octanol–water partition coefficient (Wildman–Crippen LogP) is 1.40. The van der Waals surface area contributed by atoms with E-state index in [4.69, 9.17) is 0 Å². The fraction of sp³-hybridized carbons (Fsp3) is 0.571. The highest BCUT2D eigenvalue weighted by atomic mass is 32.1. The molecule has 0 unspecified atom stereocenters. The van der Waals surface area contributed by atoms with E-state index in [0.29, 0.717) is 5.92 Å². The highest BCUT2D eigenvalue weighted by Crippen LogP contribution is 2.22. The van der Waals surface area contributed by atoms with Crippen molar-refractivity contribution in [3.8, 4) is 0 Å². The summed E-state index contributed by atoms with van der Waals surface area (Å²) in [4.78, 5) is 5.72. The quantitative estimate of drug-likeness (QED) is 0.585. The lowest BCUT2D eigenvalue weighted by Crippen LogP contribution is -1.91. The van der Waals surface area contributed by atoms with Crippen molar-refractivity contribution in [2.45, 2.75) is 26.1 Å². The van der Waals surface area contributed by atoms with Crippen molar-refractivity contribution in [3.63, 3.8) is 0 Å². The van der Waals surface area contributed by atoms with Crippen molar-refractivity contribution in [3.05, 3.63) is 16.1 Å². The molecule has 1 nitrogen and oxygen atoms in total. The van der Waals surface area contributed by atoms with Gasteiger partial charge in [0.1, 0.15) is 7.85 Å². The molecule has 0 aliphatic heterocycles. The third kappa shape index (κ3) is 1.40. The van der Waals surface area contributed by atoms with Crippen molar-refractivity contribution in [2.24, 2.45) is 0 Å². The molecule has 0 atom stereocenters. The molecule has 0 saturated heterocycles. The zero-order chi connectivity index (χ0) is 7.56. The molecule has 0 fully saturated rings. The lowest BCUT2D eigenvalue weighted by atomic mass is 9.98. The van der Waals surface area contributed by atoms with Gasteiger partial charge in [-0.05, 0) is 12.2 Å². The topological polar surface area (TPSA) is 12.9 Å². The third-order valence-electron chi connectivity index (χ3n) is 1.53. The Kier molecular flexibility index (Phi) is 2.49. The molecule has 1 aromatic heterocycles. The Morgan fingerprint density at radius 2 is 2.40 bits per heavy atom. The molecular formula is C7H12BNS. The number of nitrogens with zero attached hydrogens (tertiary/aromatic N) is 1. The largest absolute Gasteiger partial charge is 0.250 e. The van der Waals surface area contributed by atoms with Crippen LogP contribution in [0.5, 0.6) is 0 Å². The van der Waals surface area contributed by atoms with Gasteiger partial charge in [0.15, 0.2) is 0 Å². The van der Waals surface area contributed by atoms with E-state index in [-0.39, 0.29) is 0 Å². The number of hydrogen-bond donors (Lipinski definition) is 0. The van der Waals surface area contributed by atoms with Gasteiger partial charge < -0.3 is 0 Å². The van der Waals surface area contributed by atoms with Crippen LogP contribution in [0.1, 0.15) is 30.3 Å². The molecule has 3 heteroatoms. The van der Waals surface area contributed by atoms with Crippen LogP contribution in [0.25, 0.3) is 0 Å². The first kappa shape index (κ1) is 7.80. The summed E-state index contributed by atoms with van der Waals surface area (Å²) in [5.74, 6) is 0.641. The average molecular weight is 153 g/mol. The third-order valence-corrected chi connectivity index (χ3v) is 2.70. The van der Waals surface area contributed by atoms with Gasteiger partial charge in [-0.1, -0.05) is 13.8 Å². The van der Waals surface area contributed by atoms with Crippen LogP contribution < -0.4 is 0 Å².